The molecule has 5 aromatic rings. The molecule has 1 N–H and O–H groups in total. The summed E-state index contributed by atoms with van der Waals surface area (Å²) < 4.78 is 48.4. The molecule has 0 saturated carbocycles. The lowest BCUT2D eigenvalue weighted by Crippen LogP contribution is -2.13. The molecule has 0 aliphatic heterocycles. The molecule has 0 radical (unpaired) electrons. The van der Waals surface area contributed by atoms with Crippen molar-refractivity contribution in [3.8, 4) is 11.5 Å². The van der Waals surface area contributed by atoms with Crippen LogP contribution in [0.15, 0.2) is 95.9 Å². The number of hydrogen-bond acceptors (Lipinski definition) is 4. The Kier molecular flexibility index (Phi) is 5.18. The Labute approximate surface area is 190 Å². The van der Waals surface area contributed by atoms with Gasteiger partial charge < -0.3 is 4.74 Å². The molecule has 5 nitrogen and oxygen atoms in total. The SMILES string of the molecule is Cc1cc(Oc2ccc(NS(=O)(=O)c3cccc4ccccc34)cc2)c2cc(F)ccc2n1. The summed E-state index contributed by atoms with van der Waals surface area (Å²) in [6.45, 7) is 1.83. The predicted molar refractivity (Wildman–Crippen MR) is 128 cm³/mol. The Morgan fingerprint density at radius 2 is 1.61 bits per heavy atom. The summed E-state index contributed by atoms with van der Waals surface area (Å²) in [5.41, 5.74) is 1.77. The molecule has 5 rings (SSSR count). The molecule has 0 aliphatic rings. The highest BCUT2D eigenvalue weighted by molar-refractivity contribution is 7.93. The van der Waals surface area contributed by atoms with Gasteiger partial charge in [-0.1, -0.05) is 36.4 Å². The van der Waals surface area contributed by atoms with Crippen molar-refractivity contribution in [2.45, 2.75) is 11.8 Å². The molecular formula is C26H19FN2O3S. The first-order valence-corrected chi connectivity index (χ1v) is 11.7. The Hall–Kier alpha value is -3.97. The fourth-order valence-electron chi connectivity index (χ4n) is 3.74. The van der Waals surface area contributed by atoms with Crippen LogP contribution in [-0.4, -0.2) is 13.4 Å². The third-order valence-corrected chi connectivity index (χ3v) is 6.67. The molecule has 0 amide bonds. The van der Waals surface area contributed by atoms with Gasteiger partial charge in [-0.25, -0.2) is 12.8 Å². The number of aromatic nitrogens is 1. The lowest BCUT2D eigenvalue weighted by atomic mass is 10.1. The highest BCUT2D eigenvalue weighted by atomic mass is 32.2. The van der Waals surface area contributed by atoms with E-state index in [1.165, 1.54) is 12.1 Å². The van der Waals surface area contributed by atoms with Crippen molar-refractivity contribution in [1.29, 1.82) is 0 Å². The number of pyridine rings is 1. The molecule has 1 heterocycles. The number of aryl methyl sites for hydroxylation is 1. The zero-order valence-corrected chi connectivity index (χ0v) is 18.4. The van der Waals surface area contributed by atoms with E-state index < -0.39 is 10.0 Å². The number of hydrogen-bond donors (Lipinski definition) is 1. The third-order valence-electron chi connectivity index (χ3n) is 5.23. The summed E-state index contributed by atoms with van der Waals surface area (Å²) >= 11 is 0. The van der Waals surface area contributed by atoms with Crippen LogP contribution in [-0.2, 0) is 10.0 Å². The smallest absolute Gasteiger partial charge is 0.262 e. The number of nitrogens with one attached hydrogen (secondary N) is 1. The van der Waals surface area contributed by atoms with E-state index in [1.54, 1.807) is 54.6 Å². The summed E-state index contributed by atoms with van der Waals surface area (Å²) in [4.78, 5) is 4.61. The molecule has 0 bridgehead atoms. The van der Waals surface area contributed by atoms with E-state index >= 15 is 0 Å². The van der Waals surface area contributed by atoms with E-state index in [1.807, 2.05) is 31.2 Å². The van der Waals surface area contributed by atoms with Crippen LogP contribution < -0.4 is 9.46 Å². The van der Waals surface area contributed by atoms with Crippen LogP contribution in [0, 0.1) is 12.7 Å². The predicted octanol–water partition coefficient (Wildman–Crippen LogP) is 6.43. The second-order valence-corrected chi connectivity index (χ2v) is 9.28. The topological polar surface area (TPSA) is 68.3 Å². The quantitative estimate of drug-likeness (QED) is 0.330. The third kappa shape index (κ3) is 4.23. The van der Waals surface area contributed by atoms with Crippen molar-refractivity contribution in [2.75, 3.05) is 4.72 Å². The minimum absolute atomic E-state index is 0.210. The number of sulfonamides is 1. The lowest BCUT2D eigenvalue weighted by Gasteiger charge is -2.12. The Morgan fingerprint density at radius 3 is 2.42 bits per heavy atom. The van der Waals surface area contributed by atoms with Gasteiger partial charge >= 0.3 is 0 Å². The fraction of sp³-hybridized carbons (Fsp3) is 0.0385. The van der Waals surface area contributed by atoms with Crippen molar-refractivity contribution >= 4 is 37.4 Å². The normalized spacial score (nSPS) is 11.6. The second kappa shape index (κ2) is 8.18. The largest absolute Gasteiger partial charge is 0.457 e. The lowest BCUT2D eigenvalue weighted by molar-refractivity contribution is 0.487. The van der Waals surface area contributed by atoms with Crippen LogP contribution >= 0.6 is 0 Å². The summed E-state index contributed by atoms with van der Waals surface area (Å²) in [6.07, 6.45) is 0. The molecule has 0 fully saturated rings. The number of halogens is 1. The first-order valence-electron chi connectivity index (χ1n) is 10.2. The van der Waals surface area contributed by atoms with Crippen LogP contribution in [0.5, 0.6) is 11.5 Å². The van der Waals surface area contributed by atoms with Gasteiger partial charge in [0.1, 0.15) is 17.3 Å². The van der Waals surface area contributed by atoms with Gasteiger partial charge in [0.05, 0.1) is 10.4 Å². The summed E-state index contributed by atoms with van der Waals surface area (Å²) in [5, 5.41) is 2.06. The monoisotopic (exact) mass is 458 g/mol. The van der Waals surface area contributed by atoms with Crippen molar-refractivity contribution in [3.63, 3.8) is 0 Å². The average Bonchev–Trinajstić information content (AvgIpc) is 2.80. The van der Waals surface area contributed by atoms with Gasteiger partial charge in [0.15, 0.2) is 0 Å². The van der Waals surface area contributed by atoms with E-state index in [0.29, 0.717) is 33.5 Å². The number of fused-ring (bicyclic) bond motifs is 2. The number of ether oxygens (including phenoxy) is 1. The van der Waals surface area contributed by atoms with Gasteiger partial charge in [0.2, 0.25) is 0 Å². The Bertz CT molecular complexity index is 1590. The molecule has 164 valence electrons. The minimum atomic E-state index is -3.79. The van der Waals surface area contributed by atoms with Crippen molar-refractivity contribution in [3.05, 3.63) is 103 Å². The standard InChI is InChI=1S/C26H19FN2O3S/c1-17-15-25(23-16-19(27)9-14-24(23)28-17)32-21-12-10-20(11-13-21)29-33(30,31)26-8-4-6-18-5-2-3-7-22(18)26/h2-16,29H,1H3. The first kappa shape index (κ1) is 20.9. The number of benzene rings is 4. The summed E-state index contributed by atoms with van der Waals surface area (Å²) in [6, 6.07) is 25.1. The van der Waals surface area contributed by atoms with Crippen LogP contribution in [0.4, 0.5) is 10.1 Å². The summed E-state index contributed by atoms with van der Waals surface area (Å²) in [5.74, 6) is 0.580. The highest BCUT2D eigenvalue weighted by Gasteiger charge is 2.17. The van der Waals surface area contributed by atoms with Crippen molar-refractivity contribution < 1.29 is 17.5 Å². The molecule has 0 spiro atoms. The van der Waals surface area contributed by atoms with Gasteiger partial charge in [-0.05, 0) is 60.8 Å². The molecule has 0 unspecified atom stereocenters. The van der Waals surface area contributed by atoms with E-state index in [9.17, 15) is 12.8 Å². The molecule has 0 atom stereocenters. The minimum Gasteiger partial charge on any atom is -0.457 e. The number of anilines is 1. The van der Waals surface area contributed by atoms with E-state index in [0.717, 1.165) is 11.1 Å². The average molecular weight is 459 g/mol. The van der Waals surface area contributed by atoms with Crippen molar-refractivity contribution in [2.24, 2.45) is 0 Å². The van der Waals surface area contributed by atoms with Crippen LogP contribution in [0.2, 0.25) is 0 Å². The first-order chi connectivity index (χ1) is 15.9. The van der Waals surface area contributed by atoms with Gasteiger partial charge in [-0.15, -0.1) is 0 Å². The molecule has 4 aromatic carbocycles. The molecular weight excluding hydrogens is 439 g/mol. The molecule has 7 heteroatoms. The van der Waals surface area contributed by atoms with Crippen LogP contribution in [0.25, 0.3) is 21.7 Å². The highest BCUT2D eigenvalue weighted by Crippen LogP contribution is 2.32. The fourth-order valence-corrected chi connectivity index (χ4v) is 5.02. The number of nitrogens with zero attached hydrogens (tertiary/aromatic N) is 1. The zero-order chi connectivity index (χ0) is 23.0. The Balaban J connectivity index is 1.42. The number of rotatable bonds is 5. The van der Waals surface area contributed by atoms with Gasteiger partial charge in [0.25, 0.3) is 10.0 Å². The van der Waals surface area contributed by atoms with Crippen molar-refractivity contribution in [1.82, 2.24) is 4.98 Å². The molecule has 1 aromatic heterocycles. The maximum atomic E-state index is 13.8. The maximum Gasteiger partial charge on any atom is 0.262 e. The van der Waals surface area contributed by atoms with Crippen LogP contribution in [0.3, 0.4) is 0 Å². The molecule has 0 saturated heterocycles. The van der Waals surface area contributed by atoms with Gasteiger partial charge in [-0.3, -0.25) is 9.71 Å². The van der Waals surface area contributed by atoms with Gasteiger partial charge in [-0.2, -0.15) is 0 Å². The Morgan fingerprint density at radius 1 is 0.848 bits per heavy atom. The maximum absolute atomic E-state index is 13.8. The van der Waals surface area contributed by atoms with Crippen LogP contribution in [0.1, 0.15) is 5.69 Å². The molecule has 33 heavy (non-hydrogen) atoms. The second-order valence-electron chi connectivity index (χ2n) is 7.63. The van der Waals surface area contributed by atoms with Gasteiger partial charge in [0, 0.05) is 28.2 Å². The van der Waals surface area contributed by atoms with E-state index in [2.05, 4.69) is 9.71 Å². The summed E-state index contributed by atoms with van der Waals surface area (Å²) in [7, 11) is -3.79. The molecule has 0 aliphatic carbocycles. The zero-order valence-electron chi connectivity index (χ0n) is 17.6. The van der Waals surface area contributed by atoms with E-state index in [4.69, 9.17) is 4.74 Å². The van der Waals surface area contributed by atoms with E-state index in [-0.39, 0.29) is 10.7 Å².